The zero-order valence-electron chi connectivity index (χ0n) is 30.0. The fourth-order valence-electron chi connectivity index (χ4n) is 8.38. The van der Waals surface area contributed by atoms with Crippen molar-refractivity contribution in [2.24, 2.45) is 17.8 Å². The molecule has 1 aromatic heterocycles. The van der Waals surface area contributed by atoms with Crippen molar-refractivity contribution in [1.29, 1.82) is 0 Å². The Morgan fingerprint density at radius 3 is 2.51 bits per heavy atom. The van der Waals surface area contributed by atoms with Crippen LogP contribution in [0.15, 0.2) is 36.4 Å². The predicted molar refractivity (Wildman–Crippen MR) is 194 cm³/mol. The summed E-state index contributed by atoms with van der Waals surface area (Å²) in [4.78, 5) is 67.3. The van der Waals surface area contributed by atoms with Crippen molar-refractivity contribution in [2.45, 2.75) is 132 Å². The Labute approximate surface area is 310 Å². The first-order valence-electron chi connectivity index (χ1n) is 19.6. The molecule has 3 bridgehead atoms. The summed E-state index contributed by atoms with van der Waals surface area (Å²) >= 11 is 0. The van der Waals surface area contributed by atoms with E-state index in [2.05, 4.69) is 10.0 Å². The first kappa shape index (κ1) is 35.9. The standard InChI is InChI=1S/C39H49N5O8S/c45-34-20-25-12-5-2-1-3-7-13-26-22-39(26,38(48)43-53(49,50)28-17-18-28)42-35(46)32-21-27(23-44(32)37(25)47)51-36-31(40-29-14-9-10-15-30(29)41-36)16-8-4-6-11-24-19-33(24)52-34/h7,9-10,13-15,24-28,32-33H,1-6,8,11-12,16-23H2,(H,42,46)(H,43,48)/b13-7-/t24-,25-,26-,27-,32+,33-,39-/m1/s1. The number of ether oxygens (including phenoxy) is 2. The van der Waals surface area contributed by atoms with Crippen LogP contribution >= 0.6 is 0 Å². The number of carbonyl (C=O) groups is 4. The van der Waals surface area contributed by atoms with Crippen molar-refractivity contribution in [3.63, 3.8) is 0 Å². The molecule has 7 atom stereocenters. The molecule has 53 heavy (non-hydrogen) atoms. The summed E-state index contributed by atoms with van der Waals surface area (Å²) in [6.45, 7) is 0.0691. The van der Waals surface area contributed by atoms with Gasteiger partial charge in [-0.15, -0.1) is 0 Å². The maximum atomic E-state index is 14.6. The molecular weight excluding hydrogens is 699 g/mol. The number of hydrogen-bond acceptors (Lipinski definition) is 10. The quantitative estimate of drug-likeness (QED) is 0.345. The maximum Gasteiger partial charge on any atom is 0.306 e. The number of rotatable bonds is 3. The van der Waals surface area contributed by atoms with Crippen LogP contribution in [0, 0.1) is 17.8 Å². The molecule has 4 heterocycles. The molecule has 0 spiro atoms. The van der Waals surface area contributed by atoms with Crippen LogP contribution in [0.3, 0.4) is 0 Å². The fraction of sp³-hybridized carbons (Fsp3) is 0.641. The first-order valence-corrected chi connectivity index (χ1v) is 21.1. The highest BCUT2D eigenvalue weighted by molar-refractivity contribution is 7.91. The van der Waals surface area contributed by atoms with Crippen molar-refractivity contribution < 1.29 is 37.1 Å². The number of carbonyl (C=O) groups excluding carboxylic acids is 4. The molecule has 14 heteroatoms. The summed E-state index contributed by atoms with van der Waals surface area (Å²) < 4.78 is 40.4. The molecule has 2 N–H and O–H groups in total. The van der Waals surface area contributed by atoms with Crippen LogP contribution in [0.25, 0.3) is 11.0 Å². The summed E-state index contributed by atoms with van der Waals surface area (Å²) in [6.07, 6.45) is 13.3. The van der Waals surface area contributed by atoms with Crippen LogP contribution < -0.4 is 14.8 Å². The van der Waals surface area contributed by atoms with Gasteiger partial charge in [-0.05, 0) is 82.3 Å². The summed E-state index contributed by atoms with van der Waals surface area (Å²) in [7, 11) is -3.87. The van der Waals surface area contributed by atoms with Crippen LogP contribution in [0.1, 0.15) is 102 Å². The molecule has 4 fully saturated rings. The number of sulfonamides is 1. The summed E-state index contributed by atoms with van der Waals surface area (Å²) in [6, 6.07) is 6.57. The highest BCUT2D eigenvalue weighted by Crippen LogP contribution is 2.46. The summed E-state index contributed by atoms with van der Waals surface area (Å²) in [5.41, 5.74) is 0.699. The Morgan fingerprint density at radius 2 is 1.70 bits per heavy atom. The molecule has 0 radical (unpaired) electrons. The number of nitrogens with one attached hydrogen (secondary N) is 2. The van der Waals surface area contributed by atoms with Gasteiger partial charge >= 0.3 is 5.97 Å². The van der Waals surface area contributed by atoms with Crippen LogP contribution in [-0.4, -0.2) is 82.6 Å². The summed E-state index contributed by atoms with van der Waals surface area (Å²) in [5, 5.41) is 2.32. The van der Waals surface area contributed by atoms with Gasteiger partial charge < -0.3 is 19.7 Å². The maximum absolute atomic E-state index is 14.6. The molecule has 0 unspecified atom stereocenters. The molecule has 3 aliphatic heterocycles. The lowest BCUT2D eigenvalue weighted by Gasteiger charge is -2.29. The van der Waals surface area contributed by atoms with Gasteiger partial charge in [0.1, 0.15) is 29.5 Å². The topological polar surface area (TPSA) is 174 Å². The molecule has 13 nitrogen and oxygen atoms in total. The van der Waals surface area contributed by atoms with Gasteiger partial charge in [-0.3, -0.25) is 23.9 Å². The van der Waals surface area contributed by atoms with E-state index >= 15 is 0 Å². The number of esters is 1. The molecule has 3 amide bonds. The second kappa shape index (κ2) is 14.6. The van der Waals surface area contributed by atoms with E-state index in [9.17, 15) is 27.6 Å². The number of fused-ring (bicyclic) bond motifs is 6. The van der Waals surface area contributed by atoms with Crippen molar-refractivity contribution in [1.82, 2.24) is 24.9 Å². The number of allylic oxidation sites excluding steroid dienone is 1. The average molecular weight is 748 g/mol. The average Bonchev–Trinajstić information content (AvgIpc) is 4.06. The third kappa shape index (κ3) is 7.93. The first-order chi connectivity index (χ1) is 25.6. The minimum Gasteiger partial charge on any atom is -0.471 e. The van der Waals surface area contributed by atoms with Crippen molar-refractivity contribution in [2.75, 3.05) is 6.54 Å². The fourth-order valence-corrected chi connectivity index (χ4v) is 9.74. The van der Waals surface area contributed by atoms with Crippen LogP contribution in [-0.2, 0) is 40.4 Å². The van der Waals surface area contributed by atoms with Crippen molar-refractivity contribution in [3.8, 4) is 5.88 Å². The Kier molecular flexibility index (Phi) is 9.92. The number of amides is 3. The molecule has 1 saturated heterocycles. The van der Waals surface area contributed by atoms with Crippen molar-refractivity contribution >= 4 is 44.7 Å². The van der Waals surface area contributed by atoms with Gasteiger partial charge in [0.2, 0.25) is 27.7 Å². The lowest BCUT2D eigenvalue weighted by molar-refractivity contribution is -0.151. The lowest BCUT2D eigenvalue weighted by Crippen LogP contribution is -2.57. The number of benzene rings is 1. The van der Waals surface area contributed by atoms with E-state index in [0.29, 0.717) is 43.0 Å². The minimum absolute atomic E-state index is 0.0691. The van der Waals surface area contributed by atoms with E-state index in [1.54, 1.807) is 0 Å². The Balaban J connectivity index is 1.12. The number of aryl methyl sites for hydroxylation is 1. The Bertz CT molecular complexity index is 1920. The molecule has 3 saturated carbocycles. The van der Waals surface area contributed by atoms with Gasteiger partial charge in [-0.25, -0.2) is 18.4 Å². The normalized spacial score (nSPS) is 33.3. The van der Waals surface area contributed by atoms with Gasteiger partial charge in [0, 0.05) is 18.3 Å². The molecule has 284 valence electrons. The molecule has 6 aliphatic rings. The van der Waals surface area contributed by atoms with Gasteiger partial charge in [-0.1, -0.05) is 50.0 Å². The van der Waals surface area contributed by atoms with E-state index in [1.807, 2.05) is 36.4 Å². The van der Waals surface area contributed by atoms with Crippen molar-refractivity contribution in [3.05, 3.63) is 42.1 Å². The van der Waals surface area contributed by atoms with Crippen LogP contribution in [0.2, 0.25) is 0 Å². The number of nitrogens with zero attached hydrogens (tertiary/aromatic N) is 3. The number of para-hydroxylation sites is 2. The second-order valence-electron chi connectivity index (χ2n) is 16.0. The van der Waals surface area contributed by atoms with E-state index in [-0.39, 0.29) is 37.8 Å². The molecule has 2 aromatic rings. The number of hydrogen-bond donors (Lipinski definition) is 2. The highest BCUT2D eigenvalue weighted by atomic mass is 32.2. The largest absolute Gasteiger partial charge is 0.471 e. The highest BCUT2D eigenvalue weighted by Gasteiger charge is 2.62. The molecular formula is C39H49N5O8S. The Hall–Kier alpha value is -4.07. The molecule has 3 aliphatic carbocycles. The van der Waals surface area contributed by atoms with E-state index in [1.165, 1.54) is 4.90 Å². The monoisotopic (exact) mass is 747 g/mol. The van der Waals surface area contributed by atoms with Crippen LogP contribution in [0.5, 0.6) is 5.88 Å². The molecule has 8 rings (SSSR count). The van der Waals surface area contributed by atoms with E-state index < -0.39 is 62.6 Å². The van der Waals surface area contributed by atoms with Gasteiger partial charge in [0.15, 0.2) is 0 Å². The van der Waals surface area contributed by atoms with Gasteiger partial charge in [-0.2, -0.15) is 0 Å². The van der Waals surface area contributed by atoms with Crippen LogP contribution in [0.4, 0.5) is 0 Å². The minimum atomic E-state index is -3.87. The van der Waals surface area contributed by atoms with E-state index in [0.717, 1.165) is 69.0 Å². The summed E-state index contributed by atoms with van der Waals surface area (Å²) in [5.74, 6) is -2.43. The third-order valence-corrected chi connectivity index (χ3v) is 13.7. The zero-order chi connectivity index (χ0) is 36.7. The SMILES string of the molecule is O=C1C[C@H]2CCCCC/C=C\[C@@H]3C[C@@]3(C(=O)NS(=O)(=O)C3CC3)NC(=O)[C@@H]3C[C@H](CN3C2=O)Oc2nc3ccccc3nc2CCCCC[C@@H]2C[C@H]2O1. The smallest absolute Gasteiger partial charge is 0.306 e. The van der Waals surface area contributed by atoms with E-state index in [4.69, 9.17) is 19.4 Å². The second-order valence-corrected chi connectivity index (χ2v) is 17.9. The predicted octanol–water partition coefficient (Wildman–Crippen LogP) is 4.04. The lowest BCUT2D eigenvalue weighted by atomic mass is 9.95. The Morgan fingerprint density at radius 1 is 0.925 bits per heavy atom. The zero-order valence-corrected chi connectivity index (χ0v) is 30.9. The third-order valence-electron chi connectivity index (χ3n) is 11.9. The number of aromatic nitrogens is 2. The molecule has 1 aromatic carbocycles. The van der Waals surface area contributed by atoms with Gasteiger partial charge in [0.25, 0.3) is 5.91 Å². The van der Waals surface area contributed by atoms with Gasteiger partial charge in [0.05, 0.1) is 29.2 Å².